The van der Waals surface area contributed by atoms with Gasteiger partial charge in [-0.05, 0) is 52.9 Å². The average Bonchev–Trinajstić information content (AvgIpc) is 3.22. The first-order valence-corrected chi connectivity index (χ1v) is 8.89. The van der Waals surface area contributed by atoms with Crippen molar-refractivity contribution in [3.8, 4) is 0 Å². The van der Waals surface area contributed by atoms with Gasteiger partial charge in [-0.25, -0.2) is 13.1 Å². The molecule has 0 bridgehead atoms. The maximum atomic E-state index is 12.2. The van der Waals surface area contributed by atoms with E-state index in [-0.39, 0.29) is 35.8 Å². The molecule has 1 aromatic rings. The highest BCUT2D eigenvalue weighted by Gasteiger charge is 2.29. The van der Waals surface area contributed by atoms with Gasteiger partial charge in [-0.15, -0.1) is 12.4 Å². The second-order valence-electron chi connectivity index (χ2n) is 5.18. The van der Waals surface area contributed by atoms with Gasteiger partial charge < -0.3 is 11.1 Å². The number of hydrogen-bond acceptors (Lipinski definition) is 4. The molecule has 0 aromatic heterocycles. The standard InChI is InChI=1S/C13H18BrN3O3S.ClH/c1-8(18)17-13-5-4-10(6-11(13)14)21(19,20)16-7-12(15)9-2-3-9;/h4-6,9,12,16H,2-3,7,15H2,1H3,(H,17,18);1H. The summed E-state index contributed by atoms with van der Waals surface area (Å²) < 4.78 is 27.4. The Balaban J connectivity index is 0.00000242. The van der Waals surface area contributed by atoms with Crippen molar-refractivity contribution < 1.29 is 13.2 Å². The van der Waals surface area contributed by atoms with Gasteiger partial charge in [0.05, 0.1) is 10.6 Å². The molecule has 1 atom stereocenters. The summed E-state index contributed by atoms with van der Waals surface area (Å²) >= 11 is 3.25. The summed E-state index contributed by atoms with van der Waals surface area (Å²) in [4.78, 5) is 11.1. The van der Waals surface area contributed by atoms with Crippen LogP contribution < -0.4 is 15.8 Å². The molecule has 0 aliphatic heterocycles. The zero-order valence-corrected chi connectivity index (χ0v) is 15.2. The van der Waals surface area contributed by atoms with Gasteiger partial charge in [-0.2, -0.15) is 0 Å². The van der Waals surface area contributed by atoms with Crippen molar-refractivity contribution in [1.29, 1.82) is 0 Å². The zero-order valence-electron chi connectivity index (χ0n) is 12.0. The Bertz CT molecular complexity index is 650. The van der Waals surface area contributed by atoms with E-state index in [4.69, 9.17) is 5.73 Å². The molecule has 1 aromatic carbocycles. The van der Waals surface area contributed by atoms with Gasteiger partial charge in [0.1, 0.15) is 0 Å². The minimum Gasteiger partial charge on any atom is -0.326 e. The molecule has 1 amide bonds. The number of benzene rings is 1. The van der Waals surface area contributed by atoms with Gasteiger partial charge in [0.15, 0.2) is 0 Å². The lowest BCUT2D eigenvalue weighted by Crippen LogP contribution is -2.38. The first kappa shape index (κ1) is 19.4. The van der Waals surface area contributed by atoms with Crippen LogP contribution in [0.3, 0.4) is 0 Å². The Labute approximate surface area is 144 Å². The van der Waals surface area contributed by atoms with Crippen molar-refractivity contribution in [1.82, 2.24) is 4.72 Å². The largest absolute Gasteiger partial charge is 0.326 e. The van der Waals surface area contributed by atoms with Crippen LogP contribution in [0.1, 0.15) is 19.8 Å². The molecule has 0 radical (unpaired) electrons. The molecule has 1 aliphatic rings. The Morgan fingerprint density at radius 2 is 2.09 bits per heavy atom. The normalized spacial score (nSPS) is 15.8. The SMILES string of the molecule is CC(=O)Nc1ccc(S(=O)(=O)NCC(N)C2CC2)cc1Br.Cl. The van der Waals surface area contributed by atoms with E-state index in [9.17, 15) is 13.2 Å². The minimum absolute atomic E-state index is 0. The average molecular weight is 413 g/mol. The van der Waals surface area contributed by atoms with E-state index in [0.29, 0.717) is 16.1 Å². The van der Waals surface area contributed by atoms with Crippen LogP contribution in [0.25, 0.3) is 0 Å². The zero-order chi connectivity index (χ0) is 15.6. The molecule has 0 saturated heterocycles. The molecular formula is C13H19BrClN3O3S. The van der Waals surface area contributed by atoms with E-state index < -0.39 is 10.0 Å². The monoisotopic (exact) mass is 411 g/mol. The van der Waals surface area contributed by atoms with Crippen LogP contribution >= 0.6 is 28.3 Å². The first-order valence-electron chi connectivity index (χ1n) is 6.62. The molecule has 0 heterocycles. The maximum Gasteiger partial charge on any atom is 0.240 e. The van der Waals surface area contributed by atoms with Crippen LogP contribution in [-0.4, -0.2) is 26.9 Å². The number of sulfonamides is 1. The number of nitrogens with two attached hydrogens (primary N) is 1. The third-order valence-electron chi connectivity index (χ3n) is 3.30. The number of anilines is 1. The van der Waals surface area contributed by atoms with Crippen molar-refractivity contribution in [2.75, 3.05) is 11.9 Å². The number of rotatable bonds is 6. The fourth-order valence-corrected chi connectivity index (χ4v) is 3.66. The van der Waals surface area contributed by atoms with Crippen LogP contribution in [0.2, 0.25) is 0 Å². The highest BCUT2D eigenvalue weighted by molar-refractivity contribution is 9.10. The maximum absolute atomic E-state index is 12.2. The summed E-state index contributed by atoms with van der Waals surface area (Å²) in [5, 5.41) is 2.60. The number of amides is 1. The lowest BCUT2D eigenvalue weighted by molar-refractivity contribution is -0.114. The lowest BCUT2D eigenvalue weighted by Gasteiger charge is -2.13. The van der Waals surface area contributed by atoms with Crippen molar-refractivity contribution >= 4 is 50.0 Å². The second-order valence-corrected chi connectivity index (χ2v) is 7.80. The minimum atomic E-state index is -3.60. The van der Waals surface area contributed by atoms with E-state index in [1.54, 1.807) is 6.07 Å². The predicted molar refractivity (Wildman–Crippen MR) is 91.6 cm³/mol. The van der Waals surface area contributed by atoms with Gasteiger partial charge in [-0.1, -0.05) is 0 Å². The van der Waals surface area contributed by atoms with Gasteiger partial charge in [-0.3, -0.25) is 4.79 Å². The topological polar surface area (TPSA) is 101 Å². The second kappa shape index (κ2) is 7.74. The van der Waals surface area contributed by atoms with Gasteiger partial charge in [0, 0.05) is 24.0 Å². The van der Waals surface area contributed by atoms with Crippen LogP contribution in [0.15, 0.2) is 27.6 Å². The summed E-state index contributed by atoms with van der Waals surface area (Å²) in [6, 6.07) is 4.31. The number of halogens is 2. The predicted octanol–water partition coefficient (Wildman–Crippen LogP) is 1.84. The van der Waals surface area contributed by atoms with E-state index >= 15 is 0 Å². The smallest absolute Gasteiger partial charge is 0.240 e. The molecule has 4 N–H and O–H groups in total. The summed E-state index contributed by atoms with van der Waals surface area (Å²) in [5.74, 6) is 0.210. The highest BCUT2D eigenvalue weighted by Crippen LogP contribution is 2.31. The third kappa shape index (κ3) is 5.20. The molecule has 1 aliphatic carbocycles. The van der Waals surface area contributed by atoms with E-state index in [0.717, 1.165) is 12.8 Å². The lowest BCUT2D eigenvalue weighted by atomic mass is 10.2. The Hall–Kier alpha value is -0.670. The van der Waals surface area contributed by atoms with Crippen LogP contribution in [0.5, 0.6) is 0 Å². The van der Waals surface area contributed by atoms with Crippen LogP contribution in [-0.2, 0) is 14.8 Å². The third-order valence-corrected chi connectivity index (χ3v) is 5.38. The quantitative estimate of drug-likeness (QED) is 0.663. The number of carbonyl (C=O) groups excluding carboxylic acids is 1. The number of carbonyl (C=O) groups is 1. The summed E-state index contributed by atoms with van der Waals surface area (Å²) in [7, 11) is -3.60. The highest BCUT2D eigenvalue weighted by atomic mass is 79.9. The molecule has 124 valence electrons. The van der Waals surface area contributed by atoms with Gasteiger partial charge >= 0.3 is 0 Å². The summed E-state index contributed by atoms with van der Waals surface area (Å²) in [5.41, 5.74) is 6.41. The molecule has 2 rings (SSSR count). The molecule has 6 nitrogen and oxygen atoms in total. The number of hydrogen-bond donors (Lipinski definition) is 3. The van der Waals surface area contributed by atoms with Crippen LogP contribution in [0, 0.1) is 5.92 Å². The molecule has 1 unspecified atom stereocenters. The van der Waals surface area contributed by atoms with Crippen molar-refractivity contribution in [2.45, 2.75) is 30.7 Å². The first-order chi connectivity index (χ1) is 9.79. The molecule has 1 saturated carbocycles. The fraction of sp³-hybridized carbons (Fsp3) is 0.462. The molecule has 1 fully saturated rings. The van der Waals surface area contributed by atoms with Crippen molar-refractivity contribution in [3.05, 3.63) is 22.7 Å². The van der Waals surface area contributed by atoms with E-state index in [1.165, 1.54) is 19.1 Å². The Morgan fingerprint density at radius 3 is 2.59 bits per heavy atom. The molecular weight excluding hydrogens is 394 g/mol. The summed E-state index contributed by atoms with van der Waals surface area (Å²) in [6.07, 6.45) is 2.14. The fourth-order valence-electron chi connectivity index (χ4n) is 1.93. The van der Waals surface area contributed by atoms with Crippen molar-refractivity contribution in [2.24, 2.45) is 11.7 Å². The van der Waals surface area contributed by atoms with E-state index in [2.05, 4.69) is 26.0 Å². The Kier molecular flexibility index (Phi) is 6.82. The molecule has 0 spiro atoms. The molecule has 22 heavy (non-hydrogen) atoms. The number of nitrogens with one attached hydrogen (secondary N) is 2. The summed E-state index contributed by atoms with van der Waals surface area (Å²) in [6.45, 7) is 1.62. The van der Waals surface area contributed by atoms with Gasteiger partial charge in [0.25, 0.3) is 0 Å². The molecule has 9 heteroatoms. The van der Waals surface area contributed by atoms with Crippen molar-refractivity contribution in [3.63, 3.8) is 0 Å². The van der Waals surface area contributed by atoms with E-state index in [1.807, 2.05) is 0 Å². The Morgan fingerprint density at radius 1 is 1.45 bits per heavy atom. The van der Waals surface area contributed by atoms with Crippen LogP contribution in [0.4, 0.5) is 5.69 Å². The van der Waals surface area contributed by atoms with Gasteiger partial charge in [0.2, 0.25) is 15.9 Å².